The number of hydrogen-bond donors (Lipinski definition) is 1. The van der Waals surface area contributed by atoms with Crippen LogP contribution in [-0.4, -0.2) is 0 Å². The van der Waals surface area contributed by atoms with Gasteiger partial charge in [0.1, 0.15) is 5.69 Å². The van der Waals surface area contributed by atoms with Crippen LogP contribution >= 0.6 is 0 Å². The van der Waals surface area contributed by atoms with Crippen molar-refractivity contribution < 1.29 is 0 Å². The summed E-state index contributed by atoms with van der Waals surface area (Å²) < 4.78 is 0. The van der Waals surface area contributed by atoms with Gasteiger partial charge in [0.15, 0.2) is 5.69 Å². The summed E-state index contributed by atoms with van der Waals surface area (Å²) >= 11 is 0. The zero-order valence-electron chi connectivity index (χ0n) is 6.44. The minimum absolute atomic E-state index is 0.0203. The number of anilines is 1. The smallest absolute Gasteiger partial charge is 0.160 e. The van der Waals surface area contributed by atoms with Crippen molar-refractivity contribution in [3.8, 4) is 0 Å². The molecule has 0 atom stereocenters. The van der Waals surface area contributed by atoms with E-state index in [1.54, 1.807) is 13.0 Å². The minimum atomic E-state index is -0.0787. The second-order valence-corrected chi connectivity index (χ2v) is 2.35. The molecule has 0 fully saturated rings. The number of hydrogen-bond acceptors (Lipinski definition) is 5. The predicted octanol–water partition coefficient (Wildman–Crippen LogP) is 2.37. The maximum absolute atomic E-state index is 10.2. The first-order valence-electron chi connectivity index (χ1n) is 3.26. The lowest BCUT2D eigenvalue weighted by Gasteiger charge is -2.01. The highest BCUT2D eigenvalue weighted by Crippen LogP contribution is 2.35. The summed E-state index contributed by atoms with van der Waals surface area (Å²) in [5.74, 6) is 0. The molecule has 0 saturated carbocycles. The molecule has 1 rings (SSSR count). The van der Waals surface area contributed by atoms with Crippen molar-refractivity contribution in [1.82, 2.24) is 0 Å². The lowest BCUT2D eigenvalue weighted by atomic mass is 10.1. The second-order valence-electron chi connectivity index (χ2n) is 2.35. The average molecular weight is 165 g/mol. The molecule has 0 heterocycles. The Balaban J connectivity index is 3.45. The molecule has 0 aliphatic rings. The van der Waals surface area contributed by atoms with Gasteiger partial charge in [-0.3, -0.25) is 0 Å². The van der Waals surface area contributed by atoms with E-state index in [4.69, 9.17) is 5.73 Å². The molecule has 12 heavy (non-hydrogen) atoms. The Morgan fingerprint density at radius 1 is 1.25 bits per heavy atom. The highest BCUT2D eigenvalue weighted by atomic mass is 16.3. The number of nitroso groups, excluding NO2 is 2. The normalized spacial score (nSPS) is 9.42. The first-order chi connectivity index (χ1) is 5.70. The lowest BCUT2D eigenvalue weighted by Crippen LogP contribution is -1.89. The van der Waals surface area contributed by atoms with Crippen molar-refractivity contribution in [2.45, 2.75) is 6.92 Å². The van der Waals surface area contributed by atoms with Crippen LogP contribution in [0.5, 0.6) is 0 Å². The van der Waals surface area contributed by atoms with E-state index in [1.165, 1.54) is 6.07 Å². The molecule has 0 aromatic heterocycles. The summed E-state index contributed by atoms with van der Waals surface area (Å²) in [5, 5.41) is 5.25. The molecular weight excluding hydrogens is 158 g/mol. The van der Waals surface area contributed by atoms with Gasteiger partial charge >= 0.3 is 0 Å². The molecular formula is C7H7N3O2. The monoisotopic (exact) mass is 165 g/mol. The number of nitrogens with zero attached hydrogens (tertiary/aromatic N) is 2. The molecule has 2 N–H and O–H groups in total. The third kappa shape index (κ3) is 1.16. The minimum Gasteiger partial charge on any atom is -0.397 e. The molecule has 0 bridgehead atoms. The van der Waals surface area contributed by atoms with E-state index >= 15 is 0 Å². The van der Waals surface area contributed by atoms with E-state index in [0.717, 1.165) is 0 Å². The summed E-state index contributed by atoms with van der Waals surface area (Å²) in [7, 11) is 0. The van der Waals surface area contributed by atoms with Crippen molar-refractivity contribution >= 4 is 17.1 Å². The van der Waals surface area contributed by atoms with Gasteiger partial charge in [-0.1, -0.05) is 6.07 Å². The van der Waals surface area contributed by atoms with Gasteiger partial charge in [-0.25, -0.2) is 0 Å². The van der Waals surface area contributed by atoms with E-state index in [1.807, 2.05) is 0 Å². The van der Waals surface area contributed by atoms with Crippen molar-refractivity contribution in [3.05, 3.63) is 27.5 Å². The van der Waals surface area contributed by atoms with E-state index < -0.39 is 0 Å². The Bertz CT molecular complexity index is 336. The molecule has 1 aromatic rings. The third-order valence-electron chi connectivity index (χ3n) is 1.60. The van der Waals surface area contributed by atoms with Crippen LogP contribution in [0.4, 0.5) is 17.1 Å². The van der Waals surface area contributed by atoms with Crippen molar-refractivity contribution in [2.24, 2.45) is 10.4 Å². The van der Waals surface area contributed by atoms with Crippen LogP contribution in [0, 0.1) is 16.7 Å². The standard InChI is InChI=1S/C7H7N3O2/c1-4-2-3-5(9-11)7(10-12)6(4)8/h2-3H,8H2,1H3. The molecule has 0 saturated heterocycles. The molecule has 1 aromatic carbocycles. The van der Waals surface area contributed by atoms with Crippen LogP contribution < -0.4 is 5.73 Å². The van der Waals surface area contributed by atoms with Gasteiger partial charge in [-0.2, -0.15) is 0 Å². The van der Waals surface area contributed by atoms with Crippen LogP contribution in [0.3, 0.4) is 0 Å². The van der Waals surface area contributed by atoms with Crippen LogP contribution in [-0.2, 0) is 0 Å². The molecule has 5 heteroatoms. The van der Waals surface area contributed by atoms with Crippen LogP contribution in [0.2, 0.25) is 0 Å². The molecule has 0 spiro atoms. The van der Waals surface area contributed by atoms with Gasteiger partial charge in [0.05, 0.1) is 5.69 Å². The molecule has 0 aliphatic carbocycles. The zero-order chi connectivity index (χ0) is 9.14. The molecule has 62 valence electrons. The summed E-state index contributed by atoms with van der Waals surface area (Å²) in [6.45, 7) is 1.72. The Kier molecular flexibility index (Phi) is 2.14. The van der Waals surface area contributed by atoms with Gasteiger partial charge < -0.3 is 5.73 Å². The number of aryl methyl sites for hydroxylation is 1. The van der Waals surface area contributed by atoms with Crippen LogP contribution in [0.1, 0.15) is 5.56 Å². The summed E-state index contributed by atoms with van der Waals surface area (Å²) in [4.78, 5) is 20.4. The Morgan fingerprint density at radius 2 is 1.92 bits per heavy atom. The first kappa shape index (κ1) is 8.32. The van der Waals surface area contributed by atoms with E-state index in [-0.39, 0.29) is 17.1 Å². The molecule has 0 unspecified atom stereocenters. The molecule has 0 amide bonds. The van der Waals surface area contributed by atoms with Gasteiger partial charge in [0.2, 0.25) is 0 Å². The van der Waals surface area contributed by atoms with Crippen molar-refractivity contribution in [2.75, 3.05) is 5.73 Å². The second kappa shape index (κ2) is 3.08. The number of benzene rings is 1. The summed E-state index contributed by atoms with van der Waals surface area (Å²) in [6, 6.07) is 3.02. The van der Waals surface area contributed by atoms with Crippen LogP contribution in [0.15, 0.2) is 22.5 Å². The molecule has 0 radical (unpaired) electrons. The van der Waals surface area contributed by atoms with Gasteiger partial charge in [0, 0.05) is 0 Å². The lowest BCUT2D eigenvalue weighted by molar-refractivity contribution is 1.37. The maximum atomic E-state index is 10.2. The Hall–Kier alpha value is -1.78. The van der Waals surface area contributed by atoms with Gasteiger partial charge in [-0.05, 0) is 28.9 Å². The van der Waals surface area contributed by atoms with Gasteiger partial charge in [-0.15, -0.1) is 9.81 Å². The maximum Gasteiger partial charge on any atom is 0.160 e. The van der Waals surface area contributed by atoms with Crippen molar-refractivity contribution in [3.63, 3.8) is 0 Å². The van der Waals surface area contributed by atoms with E-state index in [2.05, 4.69) is 10.4 Å². The third-order valence-corrected chi connectivity index (χ3v) is 1.60. The highest BCUT2D eigenvalue weighted by Gasteiger charge is 2.09. The largest absolute Gasteiger partial charge is 0.397 e. The van der Waals surface area contributed by atoms with Crippen LogP contribution in [0.25, 0.3) is 0 Å². The average Bonchev–Trinajstić information content (AvgIpc) is 2.09. The first-order valence-corrected chi connectivity index (χ1v) is 3.26. The topological polar surface area (TPSA) is 84.9 Å². The Labute approximate surface area is 68.5 Å². The SMILES string of the molecule is Cc1ccc(N=O)c(N=O)c1N. The fourth-order valence-electron chi connectivity index (χ4n) is 0.867. The Morgan fingerprint density at radius 3 is 2.42 bits per heavy atom. The highest BCUT2D eigenvalue weighted by molar-refractivity contribution is 5.78. The summed E-state index contributed by atoms with van der Waals surface area (Å²) in [5.41, 5.74) is 6.29. The predicted molar refractivity (Wildman–Crippen MR) is 46.5 cm³/mol. The summed E-state index contributed by atoms with van der Waals surface area (Å²) in [6.07, 6.45) is 0. The van der Waals surface area contributed by atoms with E-state index in [0.29, 0.717) is 5.56 Å². The number of rotatable bonds is 2. The van der Waals surface area contributed by atoms with Gasteiger partial charge in [0.25, 0.3) is 0 Å². The fourth-order valence-corrected chi connectivity index (χ4v) is 0.867. The quantitative estimate of drug-likeness (QED) is 0.539. The fraction of sp³-hybridized carbons (Fsp3) is 0.143. The van der Waals surface area contributed by atoms with E-state index in [9.17, 15) is 9.81 Å². The molecule has 5 nitrogen and oxygen atoms in total. The number of nitrogens with two attached hydrogens (primary N) is 1. The number of nitrogen functional groups attached to an aromatic ring is 1. The zero-order valence-corrected chi connectivity index (χ0v) is 6.44. The van der Waals surface area contributed by atoms with Crippen molar-refractivity contribution in [1.29, 1.82) is 0 Å². The molecule has 0 aliphatic heterocycles.